The molecule has 3 heteroatoms. The summed E-state index contributed by atoms with van der Waals surface area (Å²) < 4.78 is 0. The highest BCUT2D eigenvalue weighted by molar-refractivity contribution is 6.07. The highest BCUT2D eigenvalue weighted by Crippen LogP contribution is 2.37. The van der Waals surface area contributed by atoms with E-state index in [4.69, 9.17) is 15.0 Å². The number of aromatic nitrogens is 2. The van der Waals surface area contributed by atoms with Crippen LogP contribution in [0.15, 0.2) is 200 Å². The van der Waals surface area contributed by atoms with Crippen LogP contribution in [0.5, 0.6) is 0 Å². The molecule has 0 saturated carbocycles. The van der Waals surface area contributed by atoms with Gasteiger partial charge in [-0.05, 0) is 122 Å². The first-order valence-electron chi connectivity index (χ1n) is 21.0. The van der Waals surface area contributed by atoms with Crippen LogP contribution in [0.25, 0.3) is 88.6 Å². The van der Waals surface area contributed by atoms with Crippen LogP contribution in [-0.2, 0) is 6.42 Å². The van der Waals surface area contributed by atoms with Crippen LogP contribution in [0.1, 0.15) is 34.2 Å². The first-order chi connectivity index (χ1) is 30.0. The number of nitrogens with zero attached hydrogens (tertiary/aromatic N) is 3. The third kappa shape index (κ3) is 6.90. The number of hydrogen-bond acceptors (Lipinski definition) is 3. The highest BCUT2D eigenvalue weighted by Gasteiger charge is 2.18. The molecule has 0 saturated heterocycles. The number of aliphatic imine (C=N–C) groups is 1. The molecule has 0 spiro atoms. The van der Waals surface area contributed by atoms with Crippen molar-refractivity contribution in [1.82, 2.24) is 9.97 Å². The van der Waals surface area contributed by atoms with Crippen LogP contribution in [0, 0.1) is 6.92 Å². The lowest BCUT2D eigenvalue weighted by atomic mass is 9.93. The first kappa shape index (κ1) is 36.3. The zero-order chi connectivity index (χ0) is 40.9. The molecule has 288 valence electrons. The molecule has 0 bridgehead atoms. The molecule has 0 aliphatic carbocycles. The summed E-state index contributed by atoms with van der Waals surface area (Å²) in [5.74, 6) is 0. The number of aryl methyl sites for hydroxylation is 2. The van der Waals surface area contributed by atoms with Gasteiger partial charge in [-0.3, -0.25) is 4.99 Å². The minimum Gasteiger partial charge on any atom is -0.250 e. The van der Waals surface area contributed by atoms with Crippen molar-refractivity contribution in [2.45, 2.75) is 19.8 Å². The summed E-state index contributed by atoms with van der Waals surface area (Å²) in [6, 6.07) is 64.9. The Morgan fingerprint density at radius 3 is 1.82 bits per heavy atom. The summed E-state index contributed by atoms with van der Waals surface area (Å²) in [5, 5.41) is 7.12. The van der Waals surface area contributed by atoms with Gasteiger partial charge < -0.3 is 0 Å². The van der Waals surface area contributed by atoms with E-state index in [1.54, 1.807) is 0 Å². The van der Waals surface area contributed by atoms with E-state index in [1.807, 2.05) is 0 Å². The Morgan fingerprint density at radius 1 is 0.475 bits per heavy atom. The van der Waals surface area contributed by atoms with Gasteiger partial charge in [0.15, 0.2) is 0 Å². The first-order valence-corrected chi connectivity index (χ1v) is 21.0. The number of benzene rings is 8. The predicted molar refractivity (Wildman–Crippen MR) is 259 cm³/mol. The fourth-order valence-electron chi connectivity index (χ4n) is 8.80. The summed E-state index contributed by atoms with van der Waals surface area (Å²) >= 11 is 0. The molecule has 8 aromatic carbocycles. The lowest BCUT2D eigenvalue weighted by molar-refractivity contribution is 1.01. The summed E-state index contributed by atoms with van der Waals surface area (Å²) in [4.78, 5) is 15.9. The average molecular weight is 780 g/mol. The van der Waals surface area contributed by atoms with E-state index < -0.39 is 0 Å². The van der Waals surface area contributed by atoms with Gasteiger partial charge in [0.1, 0.15) is 0 Å². The van der Waals surface area contributed by atoms with Crippen molar-refractivity contribution in [3.8, 4) is 33.6 Å². The third-order valence-corrected chi connectivity index (χ3v) is 12.3. The van der Waals surface area contributed by atoms with Crippen molar-refractivity contribution in [1.29, 1.82) is 0 Å². The fraction of sp³-hybridized carbons (Fsp3) is 0.0517. The number of pyridine rings is 2. The molecule has 3 heterocycles. The molecule has 0 unspecified atom stereocenters. The largest absolute Gasteiger partial charge is 0.250 e. The Labute approximate surface area is 355 Å². The maximum absolute atomic E-state index is 5.36. The van der Waals surface area contributed by atoms with E-state index in [-0.39, 0.29) is 0 Å². The molecule has 0 radical (unpaired) electrons. The molecule has 0 amide bonds. The van der Waals surface area contributed by atoms with Crippen LogP contribution in [0.3, 0.4) is 0 Å². The highest BCUT2D eigenvalue weighted by atomic mass is 14.8. The van der Waals surface area contributed by atoms with Crippen molar-refractivity contribution in [2.75, 3.05) is 0 Å². The summed E-state index contributed by atoms with van der Waals surface area (Å²) in [6.07, 6.45) is 6.07. The normalized spacial score (nSPS) is 12.6. The molecule has 0 atom stereocenters. The molecule has 0 N–H and O–H groups in total. The fourth-order valence-corrected chi connectivity index (χ4v) is 8.80. The third-order valence-electron chi connectivity index (χ3n) is 12.3. The van der Waals surface area contributed by atoms with Crippen LogP contribution in [0.2, 0.25) is 0 Å². The van der Waals surface area contributed by atoms with Gasteiger partial charge in [-0.1, -0.05) is 164 Å². The van der Waals surface area contributed by atoms with E-state index in [2.05, 4.69) is 208 Å². The minimum absolute atomic E-state index is 0.876. The lowest BCUT2D eigenvalue weighted by Crippen LogP contribution is -2.08. The van der Waals surface area contributed by atoms with Crippen LogP contribution >= 0.6 is 0 Å². The average Bonchev–Trinajstić information content (AvgIpc) is 3.33. The number of hydrogen-bond donors (Lipinski definition) is 0. The Balaban J connectivity index is 0.881. The summed E-state index contributed by atoms with van der Waals surface area (Å²) in [7, 11) is 0. The molecule has 10 aromatic rings. The molecule has 11 rings (SSSR count). The molecular formula is C58H41N3. The summed E-state index contributed by atoms with van der Waals surface area (Å²) in [6.45, 7) is 6.55. The molecule has 1 aliphatic heterocycles. The lowest BCUT2D eigenvalue weighted by Gasteiger charge is -2.18. The van der Waals surface area contributed by atoms with Crippen LogP contribution in [0.4, 0.5) is 5.69 Å². The van der Waals surface area contributed by atoms with E-state index in [1.165, 1.54) is 27.1 Å². The number of rotatable bonds is 7. The topological polar surface area (TPSA) is 38.1 Å². The minimum atomic E-state index is 0.876. The quantitative estimate of drug-likeness (QED) is 0.151. The Morgan fingerprint density at radius 2 is 1.05 bits per heavy atom. The SMILES string of the molecule is C=C(/C=C\c1ccc2ccc(-c3cccc(-c4cccc(C5=Nc6c(ccc7ccc(-c8ccc9ccccc9c8)nc67)CC5)c4)c3)nc2c1C)c1ccc2ccccc2c1. The van der Waals surface area contributed by atoms with E-state index in [9.17, 15) is 0 Å². The number of fused-ring (bicyclic) bond motifs is 6. The van der Waals surface area contributed by atoms with Crippen LogP contribution in [-0.4, -0.2) is 15.7 Å². The Bertz CT molecular complexity index is 3460. The monoisotopic (exact) mass is 779 g/mol. The Kier molecular flexibility index (Phi) is 9.01. The van der Waals surface area contributed by atoms with Gasteiger partial charge in [0, 0.05) is 27.6 Å². The van der Waals surface area contributed by atoms with E-state index in [0.717, 1.165) is 108 Å². The number of allylic oxidation sites excluding steroid dienone is 2. The molecule has 2 aromatic heterocycles. The van der Waals surface area contributed by atoms with E-state index >= 15 is 0 Å². The predicted octanol–water partition coefficient (Wildman–Crippen LogP) is 15.2. The molecule has 61 heavy (non-hydrogen) atoms. The second-order valence-corrected chi connectivity index (χ2v) is 16.1. The van der Waals surface area contributed by atoms with Gasteiger partial charge in [0.25, 0.3) is 0 Å². The van der Waals surface area contributed by atoms with Gasteiger partial charge in [-0.2, -0.15) is 0 Å². The van der Waals surface area contributed by atoms with Gasteiger partial charge in [0.2, 0.25) is 0 Å². The molecule has 3 nitrogen and oxygen atoms in total. The smallest absolute Gasteiger partial charge is 0.0968 e. The Hall–Kier alpha value is -7.75. The second kappa shape index (κ2) is 15.1. The maximum Gasteiger partial charge on any atom is 0.0968 e. The van der Waals surface area contributed by atoms with Crippen molar-refractivity contribution in [3.05, 3.63) is 222 Å². The van der Waals surface area contributed by atoms with Crippen LogP contribution < -0.4 is 0 Å². The zero-order valence-electron chi connectivity index (χ0n) is 33.9. The standard InChI is InChI=1S/C58H41N3/c1-37(45-25-20-40-9-3-5-11-46(40)33-45)17-18-39-19-22-42-27-30-53(59-56(42)38(39)2)50-15-7-13-48(35-50)49-14-8-16-51(36-49)54-31-28-43-23-24-44-29-32-55(61-58(44)57(43)60-54)52-26-21-41-10-4-6-12-47(41)34-52/h3-27,29-30,32-36H,1,28,31H2,2H3/b18-17-. The second-order valence-electron chi connectivity index (χ2n) is 16.1. The van der Waals surface area contributed by atoms with Gasteiger partial charge >= 0.3 is 0 Å². The van der Waals surface area contributed by atoms with Gasteiger partial charge in [0.05, 0.1) is 28.1 Å². The van der Waals surface area contributed by atoms with Gasteiger partial charge in [-0.25, -0.2) is 9.97 Å². The van der Waals surface area contributed by atoms with Crippen molar-refractivity contribution < 1.29 is 0 Å². The van der Waals surface area contributed by atoms with Crippen molar-refractivity contribution in [2.24, 2.45) is 4.99 Å². The maximum atomic E-state index is 5.36. The van der Waals surface area contributed by atoms with Gasteiger partial charge in [-0.15, -0.1) is 0 Å². The molecular weight excluding hydrogens is 739 g/mol. The van der Waals surface area contributed by atoms with E-state index in [0.29, 0.717) is 0 Å². The molecule has 0 fully saturated rings. The zero-order valence-corrected chi connectivity index (χ0v) is 33.9. The summed E-state index contributed by atoms with van der Waals surface area (Å²) in [5.41, 5.74) is 17.2. The van der Waals surface area contributed by atoms with Crippen molar-refractivity contribution >= 4 is 66.4 Å². The van der Waals surface area contributed by atoms with Crippen molar-refractivity contribution in [3.63, 3.8) is 0 Å². The molecule has 1 aliphatic rings.